The predicted octanol–water partition coefficient (Wildman–Crippen LogP) is 2.69. The molecular formula is C16H22N2O. The predicted molar refractivity (Wildman–Crippen MR) is 77.3 cm³/mol. The van der Waals surface area contributed by atoms with Gasteiger partial charge in [0.15, 0.2) is 0 Å². The van der Waals surface area contributed by atoms with Crippen molar-refractivity contribution in [3.05, 3.63) is 28.8 Å². The zero-order valence-electron chi connectivity index (χ0n) is 11.9. The average Bonchev–Trinajstić information content (AvgIpc) is 2.95. The van der Waals surface area contributed by atoms with E-state index in [-0.39, 0.29) is 11.8 Å². The van der Waals surface area contributed by atoms with Gasteiger partial charge in [0, 0.05) is 17.8 Å². The summed E-state index contributed by atoms with van der Waals surface area (Å²) in [5, 5.41) is 6.68. The smallest absolute Gasteiger partial charge is 0.229 e. The zero-order valence-corrected chi connectivity index (χ0v) is 11.9. The molecule has 0 radical (unpaired) electrons. The number of aryl methyl sites for hydroxylation is 3. The molecule has 3 heteroatoms. The minimum Gasteiger partial charge on any atom is -0.325 e. The molecule has 0 spiro atoms. The van der Waals surface area contributed by atoms with Crippen LogP contribution in [0.25, 0.3) is 0 Å². The first-order chi connectivity index (χ1) is 9.04. The SMILES string of the molecule is Cc1cc(C)c(NC(=O)C2CC3CCC2N3)c(C)c1. The normalized spacial score (nSPS) is 28.7. The lowest BCUT2D eigenvalue weighted by molar-refractivity contribution is -0.120. The van der Waals surface area contributed by atoms with Gasteiger partial charge in [0.2, 0.25) is 5.91 Å². The highest BCUT2D eigenvalue weighted by Crippen LogP contribution is 2.34. The van der Waals surface area contributed by atoms with Gasteiger partial charge in [-0.2, -0.15) is 0 Å². The third-order valence-electron chi connectivity index (χ3n) is 4.56. The highest BCUT2D eigenvalue weighted by molar-refractivity contribution is 5.94. The largest absolute Gasteiger partial charge is 0.325 e. The van der Waals surface area contributed by atoms with Crippen molar-refractivity contribution >= 4 is 11.6 Å². The summed E-state index contributed by atoms with van der Waals surface area (Å²) < 4.78 is 0. The lowest BCUT2D eigenvalue weighted by Crippen LogP contribution is -2.33. The van der Waals surface area contributed by atoms with Gasteiger partial charge in [0.1, 0.15) is 0 Å². The fourth-order valence-corrected chi connectivity index (χ4v) is 3.71. The molecule has 2 fully saturated rings. The molecule has 0 saturated carbocycles. The molecule has 3 atom stereocenters. The highest BCUT2D eigenvalue weighted by atomic mass is 16.2. The Kier molecular flexibility index (Phi) is 3.09. The Morgan fingerprint density at radius 3 is 2.42 bits per heavy atom. The van der Waals surface area contributed by atoms with Crippen LogP contribution in [-0.2, 0) is 4.79 Å². The van der Waals surface area contributed by atoms with Crippen molar-refractivity contribution < 1.29 is 4.79 Å². The second-order valence-corrected chi connectivity index (χ2v) is 6.15. The number of amides is 1. The maximum atomic E-state index is 12.4. The van der Waals surface area contributed by atoms with Gasteiger partial charge in [-0.1, -0.05) is 17.7 Å². The highest BCUT2D eigenvalue weighted by Gasteiger charge is 2.42. The first-order valence-corrected chi connectivity index (χ1v) is 7.19. The minimum absolute atomic E-state index is 0.152. The van der Waals surface area contributed by atoms with E-state index < -0.39 is 0 Å². The van der Waals surface area contributed by atoms with Crippen LogP contribution in [0, 0.1) is 26.7 Å². The Hall–Kier alpha value is -1.35. The molecule has 2 saturated heterocycles. The number of carbonyl (C=O) groups is 1. The number of nitrogens with one attached hydrogen (secondary N) is 2. The monoisotopic (exact) mass is 258 g/mol. The van der Waals surface area contributed by atoms with Crippen molar-refractivity contribution in [2.45, 2.75) is 52.1 Å². The van der Waals surface area contributed by atoms with Crippen LogP contribution in [0.15, 0.2) is 12.1 Å². The Morgan fingerprint density at radius 2 is 1.89 bits per heavy atom. The van der Waals surface area contributed by atoms with Gasteiger partial charge in [-0.05, 0) is 51.2 Å². The molecule has 102 valence electrons. The second-order valence-electron chi connectivity index (χ2n) is 6.15. The van der Waals surface area contributed by atoms with E-state index in [1.807, 2.05) is 0 Å². The van der Waals surface area contributed by atoms with Crippen molar-refractivity contribution in [3.8, 4) is 0 Å². The number of rotatable bonds is 2. The molecule has 19 heavy (non-hydrogen) atoms. The fraction of sp³-hybridized carbons (Fsp3) is 0.562. The van der Waals surface area contributed by atoms with Crippen LogP contribution >= 0.6 is 0 Å². The van der Waals surface area contributed by atoms with Crippen LogP contribution in [0.2, 0.25) is 0 Å². The molecule has 1 aromatic rings. The molecule has 0 aromatic heterocycles. The van der Waals surface area contributed by atoms with E-state index in [0.29, 0.717) is 12.1 Å². The average molecular weight is 258 g/mol. The van der Waals surface area contributed by atoms with Gasteiger partial charge in [-0.25, -0.2) is 0 Å². The van der Waals surface area contributed by atoms with E-state index in [1.54, 1.807) is 0 Å². The van der Waals surface area contributed by atoms with Crippen LogP contribution in [0.4, 0.5) is 5.69 Å². The van der Waals surface area contributed by atoms with Crippen LogP contribution in [-0.4, -0.2) is 18.0 Å². The summed E-state index contributed by atoms with van der Waals surface area (Å²) in [7, 11) is 0. The van der Waals surface area contributed by atoms with E-state index in [9.17, 15) is 4.79 Å². The number of fused-ring (bicyclic) bond motifs is 2. The van der Waals surface area contributed by atoms with Crippen LogP contribution in [0.1, 0.15) is 36.0 Å². The van der Waals surface area contributed by atoms with Gasteiger partial charge >= 0.3 is 0 Å². The number of anilines is 1. The van der Waals surface area contributed by atoms with E-state index in [1.165, 1.54) is 12.0 Å². The molecule has 0 aliphatic carbocycles. The zero-order chi connectivity index (χ0) is 13.6. The van der Waals surface area contributed by atoms with Crippen molar-refractivity contribution in [1.82, 2.24) is 5.32 Å². The summed E-state index contributed by atoms with van der Waals surface area (Å²) >= 11 is 0. The summed E-state index contributed by atoms with van der Waals surface area (Å²) in [6, 6.07) is 5.22. The summed E-state index contributed by atoms with van der Waals surface area (Å²) in [6.45, 7) is 6.22. The van der Waals surface area contributed by atoms with E-state index >= 15 is 0 Å². The number of hydrogen-bond donors (Lipinski definition) is 2. The Morgan fingerprint density at radius 1 is 1.21 bits per heavy atom. The molecule has 3 unspecified atom stereocenters. The quantitative estimate of drug-likeness (QED) is 0.856. The van der Waals surface area contributed by atoms with Crippen molar-refractivity contribution in [2.24, 2.45) is 5.92 Å². The van der Waals surface area contributed by atoms with Crippen molar-refractivity contribution in [3.63, 3.8) is 0 Å². The van der Waals surface area contributed by atoms with E-state index in [2.05, 4.69) is 43.5 Å². The first-order valence-electron chi connectivity index (χ1n) is 7.19. The Labute approximate surface area is 114 Å². The van der Waals surface area contributed by atoms with Crippen LogP contribution < -0.4 is 10.6 Å². The van der Waals surface area contributed by atoms with Crippen LogP contribution in [0.5, 0.6) is 0 Å². The maximum absolute atomic E-state index is 12.4. The first kappa shape index (κ1) is 12.7. The van der Waals surface area contributed by atoms with Crippen molar-refractivity contribution in [2.75, 3.05) is 5.32 Å². The van der Waals surface area contributed by atoms with E-state index in [4.69, 9.17) is 0 Å². The standard InChI is InChI=1S/C16H22N2O/c1-9-6-10(2)15(11(3)7-9)18-16(19)13-8-12-4-5-14(13)17-12/h6-7,12-14,17H,4-5,8H2,1-3H3,(H,18,19). The topological polar surface area (TPSA) is 41.1 Å². The summed E-state index contributed by atoms with van der Waals surface area (Å²) in [5.74, 6) is 0.341. The molecule has 2 aliphatic rings. The molecule has 2 aliphatic heterocycles. The summed E-state index contributed by atoms with van der Waals surface area (Å²) in [6.07, 6.45) is 3.38. The summed E-state index contributed by atoms with van der Waals surface area (Å²) in [5.41, 5.74) is 4.55. The van der Waals surface area contributed by atoms with Crippen LogP contribution in [0.3, 0.4) is 0 Å². The molecule has 2 N–H and O–H groups in total. The lowest BCUT2D eigenvalue weighted by atomic mass is 9.88. The molecule has 2 bridgehead atoms. The number of hydrogen-bond acceptors (Lipinski definition) is 2. The van der Waals surface area contributed by atoms with Gasteiger partial charge < -0.3 is 10.6 Å². The third kappa shape index (κ3) is 2.27. The lowest BCUT2D eigenvalue weighted by Gasteiger charge is -2.21. The van der Waals surface area contributed by atoms with Crippen molar-refractivity contribution in [1.29, 1.82) is 0 Å². The third-order valence-corrected chi connectivity index (χ3v) is 4.56. The molecule has 2 heterocycles. The molecule has 3 rings (SSSR count). The summed E-state index contributed by atoms with van der Waals surface area (Å²) in [4.78, 5) is 12.4. The molecular weight excluding hydrogens is 236 g/mol. The second kappa shape index (κ2) is 4.64. The molecule has 1 aromatic carbocycles. The fourth-order valence-electron chi connectivity index (χ4n) is 3.71. The number of benzene rings is 1. The van der Waals surface area contributed by atoms with Gasteiger partial charge in [-0.3, -0.25) is 4.79 Å². The van der Waals surface area contributed by atoms with Gasteiger partial charge in [0.05, 0.1) is 5.92 Å². The van der Waals surface area contributed by atoms with Gasteiger partial charge in [0.25, 0.3) is 0 Å². The maximum Gasteiger partial charge on any atom is 0.229 e. The Bertz CT molecular complexity index is 500. The van der Waals surface area contributed by atoms with Gasteiger partial charge in [-0.15, -0.1) is 0 Å². The number of carbonyl (C=O) groups excluding carboxylic acids is 1. The Balaban J connectivity index is 1.77. The molecule has 1 amide bonds. The minimum atomic E-state index is 0.152. The van der Waals surface area contributed by atoms with E-state index in [0.717, 1.165) is 29.7 Å². The molecule has 3 nitrogen and oxygen atoms in total.